The Bertz CT molecular complexity index is 3350. The van der Waals surface area contributed by atoms with Crippen molar-refractivity contribution in [1.82, 2.24) is 47.6 Å². The molecule has 400 valence electrons. The van der Waals surface area contributed by atoms with E-state index in [4.69, 9.17) is 25.9 Å². The van der Waals surface area contributed by atoms with E-state index in [9.17, 15) is 36.0 Å². The molecule has 74 heavy (non-hydrogen) atoms. The van der Waals surface area contributed by atoms with Crippen molar-refractivity contribution in [3.8, 4) is 0 Å². The Hall–Kier alpha value is -6.15. The molecule has 2 aromatic carbocycles. The molecule has 4 aliphatic rings. The number of para-hydroxylation sites is 2. The molecule has 10 rings (SSSR count). The first kappa shape index (κ1) is 55.6. The zero-order chi connectivity index (χ0) is 52.2. The van der Waals surface area contributed by atoms with E-state index in [0.717, 1.165) is 49.2 Å². The molecule has 0 aliphatic carbocycles. The molecule has 4 fully saturated rings. The lowest BCUT2D eigenvalue weighted by atomic mass is 9.98. The van der Waals surface area contributed by atoms with Gasteiger partial charge in [-0.1, -0.05) is 31.7 Å². The number of aromatic amines is 2. The van der Waals surface area contributed by atoms with Crippen LogP contribution in [0.4, 0.5) is 11.4 Å². The Morgan fingerprint density at radius 2 is 1.08 bits per heavy atom. The number of carbonyl (C=O) groups is 2. The molecule has 0 saturated carbocycles. The number of benzene rings is 2. The number of rotatable bonds is 8. The molecule has 4 saturated heterocycles. The van der Waals surface area contributed by atoms with Crippen LogP contribution >= 0.6 is 10.7 Å². The zero-order valence-corrected chi connectivity index (χ0v) is 43.6. The van der Waals surface area contributed by atoms with Crippen LogP contribution in [-0.2, 0) is 28.9 Å². The molecular formula is C49H65ClN12O10S2. The highest BCUT2D eigenvalue weighted by atomic mass is 35.7. The summed E-state index contributed by atoms with van der Waals surface area (Å²) in [7, 11) is -2.28. The number of piperidine rings is 2. The van der Waals surface area contributed by atoms with Crippen LogP contribution in [0.3, 0.4) is 0 Å². The third-order valence-electron chi connectivity index (χ3n) is 13.6. The largest absolute Gasteiger partial charge is 0.398 e. The lowest BCUT2D eigenvalue weighted by Gasteiger charge is -2.35. The van der Waals surface area contributed by atoms with Gasteiger partial charge in [0.1, 0.15) is 0 Å². The lowest BCUT2D eigenvalue weighted by molar-refractivity contribution is 0.0599. The number of nitrogens with one attached hydrogen (secondary N) is 3. The number of nitrogens with two attached hydrogens (primary N) is 1. The number of hydrogen-bond acceptors (Lipinski definition) is 13. The Kier molecular flexibility index (Phi) is 17.7. The molecule has 4 aromatic heterocycles. The van der Waals surface area contributed by atoms with E-state index in [1.165, 1.54) is 17.6 Å². The Balaban J connectivity index is 0.000000185. The van der Waals surface area contributed by atoms with Gasteiger partial charge in [0.15, 0.2) is 11.3 Å². The zero-order valence-electron chi connectivity index (χ0n) is 41.2. The van der Waals surface area contributed by atoms with E-state index >= 15 is 0 Å². The summed E-state index contributed by atoms with van der Waals surface area (Å²) in [5, 5.41) is 6.32. The van der Waals surface area contributed by atoms with E-state index in [1.54, 1.807) is 62.1 Å². The minimum absolute atomic E-state index is 0. The third kappa shape index (κ3) is 12.2. The first-order valence-electron chi connectivity index (χ1n) is 24.2. The SMILES string of the molecule is C.Cc1nc2cc([C@@H]3CCCCN3C(=O)c3ccccc3N)[nH]n2c(=O)c1C.Cc1nc2cc([C@@H]3CCCCN3C(=O)c3ccccc3NS(=O)(=O)N3CCOCC3)[nH]n2c(=O)c1C.O=S(=O)(Cl)N1CCOCC1. The summed E-state index contributed by atoms with van der Waals surface area (Å²) in [4.78, 5) is 64.8. The Labute approximate surface area is 434 Å². The summed E-state index contributed by atoms with van der Waals surface area (Å²) in [5.74, 6) is -0.351. The van der Waals surface area contributed by atoms with Gasteiger partial charge < -0.3 is 25.0 Å². The average Bonchev–Trinajstić information content (AvgIpc) is 4.03. The first-order valence-corrected chi connectivity index (χ1v) is 27.9. The summed E-state index contributed by atoms with van der Waals surface area (Å²) >= 11 is 0. The summed E-state index contributed by atoms with van der Waals surface area (Å²) < 4.78 is 65.4. The minimum Gasteiger partial charge on any atom is -0.398 e. The Morgan fingerprint density at radius 3 is 1.54 bits per heavy atom. The van der Waals surface area contributed by atoms with Crippen molar-refractivity contribution in [2.75, 3.05) is 76.2 Å². The number of aromatic nitrogens is 6. The van der Waals surface area contributed by atoms with Crippen molar-refractivity contribution in [3.05, 3.63) is 126 Å². The molecule has 0 spiro atoms. The molecular weight excluding hydrogens is 1020 g/mol. The molecule has 8 heterocycles. The second-order valence-electron chi connectivity index (χ2n) is 18.3. The number of nitrogens with zero attached hydrogens (tertiary/aromatic N) is 8. The number of halogens is 1. The van der Waals surface area contributed by atoms with E-state index in [1.807, 2.05) is 36.1 Å². The number of fused-ring (bicyclic) bond motifs is 2. The van der Waals surface area contributed by atoms with E-state index < -0.39 is 19.4 Å². The lowest BCUT2D eigenvalue weighted by Crippen LogP contribution is -2.44. The number of morpholine rings is 2. The molecule has 2 atom stereocenters. The normalized spacial score (nSPS) is 18.9. The predicted molar refractivity (Wildman–Crippen MR) is 282 cm³/mol. The highest BCUT2D eigenvalue weighted by molar-refractivity contribution is 8.11. The molecule has 25 heteroatoms. The summed E-state index contributed by atoms with van der Waals surface area (Å²) in [6, 6.07) is 17.0. The monoisotopic (exact) mass is 1080 g/mol. The van der Waals surface area contributed by atoms with Gasteiger partial charge in [0.05, 0.1) is 66.7 Å². The van der Waals surface area contributed by atoms with Crippen molar-refractivity contribution in [1.29, 1.82) is 0 Å². The number of carbonyl (C=O) groups excluding carboxylic acids is 2. The first-order chi connectivity index (χ1) is 34.8. The molecule has 0 bridgehead atoms. The van der Waals surface area contributed by atoms with Crippen LogP contribution in [0, 0.1) is 27.7 Å². The fraction of sp³-hybridized carbons (Fsp3) is 0.469. The van der Waals surface area contributed by atoms with E-state index in [-0.39, 0.29) is 66.8 Å². The van der Waals surface area contributed by atoms with Gasteiger partial charge in [-0.15, -0.1) is 0 Å². The minimum atomic E-state index is -3.84. The van der Waals surface area contributed by atoms with Crippen molar-refractivity contribution in [2.45, 2.75) is 85.7 Å². The number of H-pyrrole nitrogens is 2. The third-order valence-corrected chi connectivity index (χ3v) is 16.7. The van der Waals surface area contributed by atoms with Crippen LogP contribution < -0.4 is 21.6 Å². The van der Waals surface area contributed by atoms with Crippen LogP contribution in [-0.4, -0.2) is 142 Å². The number of likely N-dealkylation sites (tertiary alicyclic amines) is 2. The quantitative estimate of drug-likeness (QED) is 0.115. The van der Waals surface area contributed by atoms with Crippen LogP contribution in [0.1, 0.15) is 113 Å². The number of hydrogen-bond donors (Lipinski definition) is 4. The molecule has 4 aliphatic heterocycles. The maximum atomic E-state index is 13.8. The van der Waals surface area contributed by atoms with Crippen molar-refractivity contribution < 1.29 is 35.9 Å². The maximum absolute atomic E-state index is 13.8. The summed E-state index contributed by atoms with van der Waals surface area (Å²) in [5.41, 5.74) is 12.5. The summed E-state index contributed by atoms with van der Waals surface area (Å²) in [6.45, 7) is 11.1. The molecule has 0 unspecified atom stereocenters. The van der Waals surface area contributed by atoms with Gasteiger partial charge in [-0.25, -0.2) is 19.0 Å². The number of ether oxygens (including phenoxy) is 2. The Morgan fingerprint density at radius 1 is 0.649 bits per heavy atom. The van der Waals surface area contributed by atoms with Crippen LogP contribution in [0.5, 0.6) is 0 Å². The number of amides is 2. The predicted octanol–water partition coefficient (Wildman–Crippen LogP) is 5.02. The van der Waals surface area contributed by atoms with Crippen LogP contribution in [0.15, 0.2) is 70.3 Å². The standard InChI is InChI=1S/C24H30N6O5S.C20H23N5O2.C4H8ClNO3S.CH4/c1-16-17(2)25-22-15-20(26-30(22)23(16)31)21-9-5-6-10-29(21)24(32)18-7-3-4-8-19(18)27-36(33,34)28-11-13-35-14-12-28;1-12-13(2)22-18-11-16(23-25(18)19(12)26)17-9-5-6-10-24(17)20(27)14-7-3-4-8-15(14)21;5-10(7,8)6-1-3-9-4-2-6;/h3-4,7-8,15,21,26-27H,5-6,9-14H2,1-2H3;3-4,7-8,11,17,23H,5-6,9-10,21H2,1-2H3;1-4H2;1H4/t21-;17-;;/m00../s1. The fourth-order valence-corrected chi connectivity index (χ4v) is 11.5. The topological polar surface area (TPSA) is 272 Å². The van der Waals surface area contributed by atoms with Crippen LogP contribution in [0.25, 0.3) is 11.3 Å². The second-order valence-corrected chi connectivity index (χ2v) is 22.5. The molecule has 6 aromatic rings. The second kappa shape index (κ2) is 23.6. The molecule has 0 radical (unpaired) electrons. The van der Waals surface area contributed by atoms with E-state index in [2.05, 4.69) is 24.9 Å². The highest BCUT2D eigenvalue weighted by Gasteiger charge is 2.34. The number of aryl methyl sites for hydroxylation is 2. The van der Waals surface area contributed by atoms with E-state index in [0.29, 0.717) is 98.4 Å². The van der Waals surface area contributed by atoms with Crippen LogP contribution in [0.2, 0.25) is 0 Å². The van der Waals surface area contributed by atoms with Crippen molar-refractivity contribution >= 4 is 64.6 Å². The van der Waals surface area contributed by atoms with Gasteiger partial charge in [0, 0.05) is 90.3 Å². The fourth-order valence-electron chi connectivity index (χ4n) is 9.33. The van der Waals surface area contributed by atoms with Gasteiger partial charge in [0.2, 0.25) is 0 Å². The van der Waals surface area contributed by atoms with Gasteiger partial charge in [0.25, 0.3) is 32.2 Å². The van der Waals surface area contributed by atoms with Crippen molar-refractivity contribution in [2.24, 2.45) is 0 Å². The van der Waals surface area contributed by atoms with Crippen molar-refractivity contribution in [3.63, 3.8) is 0 Å². The smallest absolute Gasteiger partial charge is 0.301 e. The average molecular weight is 1080 g/mol. The molecule has 22 nitrogen and oxygen atoms in total. The maximum Gasteiger partial charge on any atom is 0.301 e. The molecule has 2 amide bonds. The summed E-state index contributed by atoms with van der Waals surface area (Å²) in [6.07, 6.45) is 5.28. The molecule has 5 N–H and O–H groups in total. The van der Waals surface area contributed by atoms with Gasteiger partial charge in [-0.3, -0.25) is 34.1 Å². The van der Waals surface area contributed by atoms with Gasteiger partial charge in [-0.05, 0) is 90.5 Å². The number of anilines is 2. The number of nitrogen functional groups attached to an aromatic ring is 1. The van der Waals surface area contributed by atoms with Gasteiger partial charge >= 0.3 is 10.2 Å². The van der Waals surface area contributed by atoms with Gasteiger partial charge in [-0.2, -0.15) is 25.4 Å². The highest BCUT2D eigenvalue weighted by Crippen LogP contribution is 2.35.